The minimum absolute atomic E-state index is 0.178. The number of carbonyl (C=O) groups excluding carboxylic acids is 3. The van der Waals surface area contributed by atoms with E-state index in [-0.39, 0.29) is 11.8 Å². The molecule has 2 N–H and O–H groups in total. The largest absolute Gasteiger partial charge is 0.465 e. The van der Waals surface area contributed by atoms with E-state index in [9.17, 15) is 14.4 Å². The van der Waals surface area contributed by atoms with Crippen molar-refractivity contribution < 1.29 is 23.9 Å². The van der Waals surface area contributed by atoms with Crippen molar-refractivity contribution in [3.8, 4) is 0 Å². The van der Waals surface area contributed by atoms with E-state index in [1.807, 2.05) is 0 Å². The quantitative estimate of drug-likeness (QED) is 0.550. The molecule has 0 spiro atoms. The summed E-state index contributed by atoms with van der Waals surface area (Å²) >= 11 is 0. The van der Waals surface area contributed by atoms with Gasteiger partial charge >= 0.3 is 5.97 Å². The Kier molecular flexibility index (Phi) is 7.51. The number of methoxy groups -OCH3 is 2. The van der Waals surface area contributed by atoms with Crippen molar-refractivity contribution in [3.63, 3.8) is 0 Å². The zero-order valence-electron chi connectivity index (χ0n) is 15.3. The molecule has 0 aliphatic carbocycles. The Bertz CT molecular complexity index is 785. The second-order valence-electron chi connectivity index (χ2n) is 5.70. The van der Waals surface area contributed by atoms with Crippen LogP contribution in [0.15, 0.2) is 48.5 Å². The lowest BCUT2D eigenvalue weighted by molar-refractivity contribution is 0.0600. The first-order valence-electron chi connectivity index (χ1n) is 8.42. The number of benzene rings is 2. The van der Waals surface area contributed by atoms with Crippen molar-refractivity contribution in [1.29, 1.82) is 0 Å². The van der Waals surface area contributed by atoms with Crippen molar-refractivity contribution in [2.45, 2.75) is 6.42 Å². The van der Waals surface area contributed by atoms with Crippen molar-refractivity contribution >= 4 is 23.5 Å². The molecule has 0 atom stereocenters. The first-order chi connectivity index (χ1) is 13.0. The number of ether oxygens (including phenoxy) is 2. The van der Waals surface area contributed by atoms with Gasteiger partial charge in [0.15, 0.2) is 0 Å². The van der Waals surface area contributed by atoms with Gasteiger partial charge in [-0.15, -0.1) is 0 Å². The molecule has 0 saturated heterocycles. The lowest BCUT2D eigenvalue weighted by Gasteiger charge is -2.08. The number of hydrogen-bond acceptors (Lipinski definition) is 5. The monoisotopic (exact) mass is 370 g/mol. The second-order valence-corrected chi connectivity index (χ2v) is 5.70. The van der Waals surface area contributed by atoms with Gasteiger partial charge in [0.1, 0.15) is 0 Å². The van der Waals surface area contributed by atoms with E-state index in [2.05, 4.69) is 15.4 Å². The van der Waals surface area contributed by atoms with Gasteiger partial charge in [-0.05, 0) is 55.0 Å². The molecule has 0 saturated carbocycles. The molecule has 0 heterocycles. The fourth-order valence-electron chi connectivity index (χ4n) is 2.30. The third-order valence-corrected chi connectivity index (χ3v) is 3.78. The molecule has 2 amide bonds. The Morgan fingerprint density at radius 1 is 0.815 bits per heavy atom. The first kappa shape index (κ1) is 20.1. The predicted molar refractivity (Wildman–Crippen MR) is 101 cm³/mol. The van der Waals surface area contributed by atoms with Crippen molar-refractivity contribution in [2.75, 3.05) is 32.7 Å². The number of anilines is 1. The van der Waals surface area contributed by atoms with Crippen LogP contribution in [0.1, 0.15) is 37.5 Å². The summed E-state index contributed by atoms with van der Waals surface area (Å²) in [6.45, 7) is 1.12. The zero-order chi connectivity index (χ0) is 19.6. The van der Waals surface area contributed by atoms with Crippen LogP contribution in [0.25, 0.3) is 0 Å². The Labute approximate surface area is 157 Å². The highest BCUT2D eigenvalue weighted by Gasteiger charge is 2.10. The van der Waals surface area contributed by atoms with Gasteiger partial charge in [-0.2, -0.15) is 0 Å². The number of esters is 1. The average molecular weight is 370 g/mol. The van der Waals surface area contributed by atoms with Crippen LogP contribution in [0.3, 0.4) is 0 Å². The van der Waals surface area contributed by atoms with Crippen LogP contribution in [0.5, 0.6) is 0 Å². The van der Waals surface area contributed by atoms with Gasteiger partial charge < -0.3 is 20.1 Å². The molecule has 0 bridgehead atoms. The highest BCUT2D eigenvalue weighted by atomic mass is 16.5. The maximum absolute atomic E-state index is 12.3. The first-order valence-corrected chi connectivity index (χ1v) is 8.42. The molecule has 0 radical (unpaired) electrons. The number of carbonyl (C=O) groups is 3. The van der Waals surface area contributed by atoms with Crippen LogP contribution in [0.4, 0.5) is 5.69 Å². The zero-order valence-corrected chi connectivity index (χ0v) is 15.3. The average Bonchev–Trinajstić information content (AvgIpc) is 2.71. The smallest absolute Gasteiger partial charge is 0.337 e. The van der Waals surface area contributed by atoms with Crippen molar-refractivity contribution in [3.05, 3.63) is 65.2 Å². The maximum atomic E-state index is 12.3. The topological polar surface area (TPSA) is 93.7 Å². The molecule has 0 aliphatic heterocycles. The summed E-state index contributed by atoms with van der Waals surface area (Å²) in [5.41, 5.74) is 1.85. The van der Waals surface area contributed by atoms with E-state index in [1.165, 1.54) is 19.2 Å². The molecule has 142 valence electrons. The number of hydrogen-bond donors (Lipinski definition) is 2. The third-order valence-electron chi connectivity index (χ3n) is 3.78. The van der Waals surface area contributed by atoms with Crippen molar-refractivity contribution in [2.24, 2.45) is 0 Å². The van der Waals surface area contributed by atoms with E-state index in [0.717, 1.165) is 6.42 Å². The van der Waals surface area contributed by atoms with Crippen LogP contribution in [-0.4, -0.2) is 45.2 Å². The molecule has 2 aromatic rings. The molecular formula is C20H22N2O5. The Morgan fingerprint density at radius 3 is 1.96 bits per heavy atom. The minimum atomic E-state index is -0.460. The summed E-state index contributed by atoms with van der Waals surface area (Å²) in [6, 6.07) is 12.7. The van der Waals surface area contributed by atoms with E-state index in [0.29, 0.717) is 35.5 Å². The molecule has 7 nitrogen and oxygen atoms in total. The molecule has 2 rings (SSSR count). The summed E-state index contributed by atoms with van der Waals surface area (Å²) in [5, 5.41) is 5.54. The Morgan fingerprint density at radius 2 is 1.37 bits per heavy atom. The van der Waals surface area contributed by atoms with Crippen LogP contribution in [-0.2, 0) is 9.47 Å². The van der Waals surface area contributed by atoms with E-state index >= 15 is 0 Å². The second kappa shape index (κ2) is 10.1. The Hall–Kier alpha value is -3.19. The van der Waals surface area contributed by atoms with Gasteiger partial charge in [0.25, 0.3) is 11.8 Å². The number of rotatable bonds is 8. The Balaban J connectivity index is 1.92. The molecule has 0 aliphatic rings. The predicted octanol–water partition coefficient (Wildman–Crippen LogP) is 2.49. The number of amides is 2. The van der Waals surface area contributed by atoms with Gasteiger partial charge in [-0.1, -0.05) is 0 Å². The van der Waals surface area contributed by atoms with Gasteiger partial charge in [0.05, 0.1) is 12.7 Å². The highest BCUT2D eigenvalue weighted by molar-refractivity contribution is 6.05. The third kappa shape index (κ3) is 5.93. The van der Waals surface area contributed by atoms with Gasteiger partial charge in [0.2, 0.25) is 0 Å². The summed E-state index contributed by atoms with van der Waals surface area (Å²) in [6.07, 6.45) is 0.741. The molecule has 0 aromatic heterocycles. The highest BCUT2D eigenvalue weighted by Crippen LogP contribution is 2.12. The molecule has 0 unspecified atom stereocenters. The molecule has 0 fully saturated rings. The van der Waals surface area contributed by atoms with Crippen LogP contribution < -0.4 is 10.6 Å². The van der Waals surface area contributed by atoms with Crippen LogP contribution in [0.2, 0.25) is 0 Å². The summed E-state index contributed by atoms with van der Waals surface area (Å²) in [7, 11) is 2.91. The summed E-state index contributed by atoms with van der Waals surface area (Å²) in [4.78, 5) is 35.7. The van der Waals surface area contributed by atoms with Crippen LogP contribution in [0, 0.1) is 0 Å². The summed E-state index contributed by atoms with van der Waals surface area (Å²) in [5.74, 6) is -0.955. The molecule has 2 aromatic carbocycles. The minimum Gasteiger partial charge on any atom is -0.465 e. The maximum Gasteiger partial charge on any atom is 0.337 e. The van der Waals surface area contributed by atoms with E-state index < -0.39 is 5.97 Å². The van der Waals surface area contributed by atoms with E-state index in [1.54, 1.807) is 43.5 Å². The fourth-order valence-corrected chi connectivity index (χ4v) is 2.30. The van der Waals surface area contributed by atoms with Crippen LogP contribution >= 0.6 is 0 Å². The molecule has 27 heavy (non-hydrogen) atoms. The summed E-state index contributed by atoms with van der Waals surface area (Å²) < 4.78 is 9.55. The lowest BCUT2D eigenvalue weighted by Crippen LogP contribution is -2.25. The fraction of sp³-hybridized carbons (Fsp3) is 0.250. The van der Waals surface area contributed by atoms with Gasteiger partial charge in [-0.3, -0.25) is 9.59 Å². The van der Waals surface area contributed by atoms with Gasteiger partial charge in [0, 0.05) is 37.1 Å². The van der Waals surface area contributed by atoms with Gasteiger partial charge in [-0.25, -0.2) is 4.79 Å². The van der Waals surface area contributed by atoms with Crippen molar-refractivity contribution in [1.82, 2.24) is 5.32 Å². The van der Waals surface area contributed by atoms with E-state index in [4.69, 9.17) is 4.74 Å². The normalized spacial score (nSPS) is 10.1. The SMILES string of the molecule is COCCCNC(=O)c1ccc(NC(=O)c2ccc(C(=O)OC)cc2)cc1. The number of nitrogens with one attached hydrogen (secondary N) is 2. The standard InChI is InChI=1S/C20H22N2O5/c1-26-13-3-12-21-18(23)14-8-10-17(11-9-14)22-19(24)15-4-6-16(7-5-15)20(25)27-2/h4-11H,3,12-13H2,1-2H3,(H,21,23)(H,22,24). The lowest BCUT2D eigenvalue weighted by atomic mass is 10.1. The molecule has 7 heteroatoms. The molecular weight excluding hydrogens is 348 g/mol.